The number of hydrogen-bond acceptors (Lipinski definition) is 3. The normalized spacial score (nSPS) is 15.2. The Labute approximate surface area is 152 Å². The molecule has 0 saturated heterocycles. The first kappa shape index (κ1) is 16.3. The topological polar surface area (TPSA) is 63.4 Å². The first-order valence-electron chi connectivity index (χ1n) is 8.59. The second-order valence-electron chi connectivity index (χ2n) is 6.24. The molecule has 1 aliphatic rings. The van der Waals surface area contributed by atoms with Crippen LogP contribution in [-0.4, -0.2) is 30.6 Å². The number of benzene rings is 2. The highest BCUT2D eigenvalue weighted by atomic mass is 16.5. The van der Waals surface area contributed by atoms with E-state index in [1.54, 1.807) is 13.3 Å². The van der Waals surface area contributed by atoms with Gasteiger partial charge in [0, 0.05) is 29.9 Å². The van der Waals surface area contributed by atoms with Gasteiger partial charge in [-0.25, -0.2) is 0 Å². The van der Waals surface area contributed by atoms with Crippen LogP contribution >= 0.6 is 0 Å². The molecule has 5 heteroatoms. The number of para-hydroxylation sites is 2. The van der Waals surface area contributed by atoms with E-state index in [2.05, 4.69) is 16.4 Å². The molecule has 0 saturated carbocycles. The van der Waals surface area contributed by atoms with Crippen LogP contribution in [-0.2, 0) is 6.42 Å². The summed E-state index contributed by atoms with van der Waals surface area (Å²) in [5, 5.41) is 2.98. The van der Waals surface area contributed by atoms with Crippen molar-refractivity contribution in [2.75, 3.05) is 13.7 Å². The third-order valence-corrected chi connectivity index (χ3v) is 4.59. The molecule has 1 unspecified atom stereocenters. The molecule has 132 valence electrons. The minimum absolute atomic E-state index is 0.0370. The van der Waals surface area contributed by atoms with Gasteiger partial charge in [0.05, 0.1) is 19.2 Å². The molecule has 3 aromatic rings. The van der Waals surface area contributed by atoms with Crippen molar-refractivity contribution in [3.63, 3.8) is 0 Å². The van der Waals surface area contributed by atoms with Gasteiger partial charge in [0.15, 0.2) is 0 Å². The second-order valence-corrected chi connectivity index (χ2v) is 6.24. The van der Waals surface area contributed by atoms with Gasteiger partial charge in [-0.05, 0) is 17.7 Å². The highest BCUT2D eigenvalue weighted by Crippen LogP contribution is 2.32. The summed E-state index contributed by atoms with van der Waals surface area (Å²) >= 11 is 0. The van der Waals surface area contributed by atoms with Crippen molar-refractivity contribution >= 4 is 5.91 Å². The summed E-state index contributed by atoms with van der Waals surface area (Å²) in [5.41, 5.74) is 3.47. The number of aromatic amines is 1. The van der Waals surface area contributed by atoms with Crippen LogP contribution in [0, 0.1) is 0 Å². The molecule has 1 aliphatic heterocycles. The van der Waals surface area contributed by atoms with E-state index in [0.717, 1.165) is 29.0 Å². The Morgan fingerprint density at radius 3 is 2.81 bits per heavy atom. The van der Waals surface area contributed by atoms with Crippen molar-refractivity contribution in [2.24, 2.45) is 0 Å². The fourth-order valence-corrected chi connectivity index (χ4v) is 3.31. The number of rotatable bonds is 5. The van der Waals surface area contributed by atoms with Gasteiger partial charge in [-0.15, -0.1) is 0 Å². The van der Waals surface area contributed by atoms with E-state index in [9.17, 15) is 4.79 Å². The Bertz CT molecular complexity index is 907. The van der Waals surface area contributed by atoms with Crippen LogP contribution in [0.5, 0.6) is 11.5 Å². The molecule has 4 rings (SSSR count). The summed E-state index contributed by atoms with van der Waals surface area (Å²) < 4.78 is 11.3. The van der Waals surface area contributed by atoms with Crippen molar-refractivity contribution in [1.82, 2.24) is 10.3 Å². The molecular formula is C21H20N2O3. The van der Waals surface area contributed by atoms with Gasteiger partial charge in [0.25, 0.3) is 5.91 Å². The van der Waals surface area contributed by atoms with Crippen LogP contribution in [0.4, 0.5) is 0 Å². The highest BCUT2D eigenvalue weighted by Gasteiger charge is 2.24. The number of hydrogen-bond donors (Lipinski definition) is 2. The number of aromatic nitrogens is 1. The van der Waals surface area contributed by atoms with Gasteiger partial charge in [0.2, 0.25) is 0 Å². The smallest absolute Gasteiger partial charge is 0.253 e. The minimum atomic E-state index is -0.133. The predicted molar refractivity (Wildman–Crippen MR) is 99.7 cm³/mol. The van der Waals surface area contributed by atoms with Gasteiger partial charge in [-0.1, -0.05) is 36.4 Å². The van der Waals surface area contributed by atoms with Gasteiger partial charge < -0.3 is 19.8 Å². The van der Waals surface area contributed by atoms with Crippen molar-refractivity contribution in [3.8, 4) is 22.6 Å². The fourth-order valence-electron chi connectivity index (χ4n) is 3.31. The van der Waals surface area contributed by atoms with E-state index >= 15 is 0 Å². The van der Waals surface area contributed by atoms with Crippen LogP contribution < -0.4 is 14.8 Å². The van der Waals surface area contributed by atoms with Gasteiger partial charge in [0.1, 0.15) is 17.6 Å². The summed E-state index contributed by atoms with van der Waals surface area (Å²) in [4.78, 5) is 15.7. The molecule has 0 fully saturated rings. The number of methoxy groups -OCH3 is 1. The molecule has 26 heavy (non-hydrogen) atoms. The Morgan fingerprint density at radius 1 is 1.15 bits per heavy atom. The second kappa shape index (κ2) is 6.96. The molecule has 2 aromatic carbocycles. The van der Waals surface area contributed by atoms with Crippen molar-refractivity contribution in [1.29, 1.82) is 0 Å². The number of ether oxygens (including phenoxy) is 2. The number of amides is 1. The maximum Gasteiger partial charge on any atom is 0.253 e. The van der Waals surface area contributed by atoms with Gasteiger partial charge in [-0.3, -0.25) is 4.79 Å². The Hall–Kier alpha value is -3.21. The van der Waals surface area contributed by atoms with E-state index in [-0.39, 0.29) is 12.0 Å². The number of nitrogens with one attached hydrogen (secondary N) is 2. The SMILES string of the molecule is COc1ccccc1-c1c[nH]cc1C(=O)NCC1Cc2ccccc2O1. The minimum Gasteiger partial charge on any atom is -0.496 e. The Kier molecular flexibility index (Phi) is 4.35. The van der Waals surface area contributed by atoms with E-state index < -0.39 is 0 Å². The molecule has 0 aliphatic carbocycles. The van der Waals surface area contributed by atoms with E-state index in [1.165, 1.54) is 5.56 Å². The summed E-state index contributed by atoms with van der Waals surface area (Å²) in [6.07, 6.45) is 4.30. The summed E-state index contributed by atoms with van der Waals surface area (Å²) in [6.45, 7) is 0.462. The van der Waals surface area contributed by atoms with Gasteiger partial charge in [-0.2, -0.15) is 0 Å². The summed E-state index contributed by atoms with van der Waals surface area (Å²) in [5.74, 6) is 1.51. The lowest BCUT2D eigenvalue weighted by molar-refractivity contribution is 0.0934. The zero-order valence-electron chi connectivity index (χ0n) is 14.5. The van der Waals surface area contributed by atoms with Gasteiger partial charge >= 0.3 is 0 Å². The van der Waals surface area contributed by atoms with E-state index in [4.69, 9.17) is 9.47 Å². The van der Waals surface area contributed by atoms with Crippen molar-refractivity contribution in [3.05, 3.63) is 72.1 Å². The van der Waals surface area contributed by atoms with Crippen LogP contribution in [0.2, 0.25) is 0 Å². The predicted octanol–water partition coefficient (Wildman–Crippen LogP) is 3.42. The molecule has 0 bridgehead atoms. The first-order chi connectivity index (χ1) is 12.8. The monoisotopic (exact) mass is 348 g/mol. The number of fused-ring (bicyclic) bond motifs is 1. The van der Waals surface area contributed by atoms with Crippen LogP contribution in [0.15, 0.2) is 60.9 Å². The third kappa shape index (κ3) is 3.04. The third-order valence-electron chi connectivity index (χ3n) is 4.59. The molecule has 1 atom stereocenters. The van der Waals surface area contributed by atoms with Crippen LogP contribution in [0.1, 0.15) is 15.9 Å². The molecule has 2 N–H and O–H groups in total. The first-order valence-corrected chi connectivity index (χ1v) is 8.59. The molecule has 0 spiro atoms. The van der Waals surface area contributed by atoms with Crippen molar-refractivity contribution in [2.45, 2.75) is 12.5 Å². The average molecular weight is 348 g/mol. The average Bonchev–Trinajstić information content (AvgIpc) is 3.32. The number of H-pyrrole nitrogens is 1. The molecule has 1 aromatic heterocycles. The lowest BCUT2D eigenvalue weighted by Crippen LogP contribution is -2.34. The standard InChI is InChI=1S/C21H20N2O3/c1-25-20-9-5-3-7-16(20)17-12-22-13-18(17)21(24)23-11-15-10-14-6-2-4-8-19(14)26-15/h2-9,12-13,15,22H,10-11H2,1H3,(H,23,24). The molecular weight excluding hydrogens is 328 g/mol. The molecule has 1 amide bonds. The molecule has 2 heterocycles. The highest BCUT2D eigenvalue weighted by molar-refractivity contribution is 6.01. The zero-order valence-corrected chi connectivity index (χ0v) is 14.5. The maximum atomic E-state index is 12.7. The van der Waals surface area contributed by atoms with Crippen molar-refractivity contribution < 1.29 is 14.3 Å². The largest absolute Gasteiger partial charge is 0.496 e. The van der Waals surface area contributed by atoms with Crippen LogP contribution in [0.3, 0.4) is 0 Å². The molecule has 0 radical (unpaired) electrons. The Morgan fingerprint density at radius 2 is 1.96 bits per heavy atom. The fraction of sp³-hybridized carbons (Fsp3) is 0.190. The Balaban J connectivity index is 1.46. The van der Waals surface area contributed by atoms with Crippen LogP contribution in [0.25, 0.3) is 11.1 Å². The lowest BCUT2D eigenvalue weighted by atomic mass is 10.0. The van der Waals surface area contributed by atoms with E-state index in [1.807, 2.05) is 48.7 Å². The summed E-state index contributed by atoms with van der Waals surface area (Å²) in [7, 11) is 1.63. The maximum absolute atomic E-state index is 12.7. The molecule has 5 nitrogen and oxygen atoms in total. The van der Waals surface area contributed by atoms with E-state index in [0.29, 0.717) is 12.1 Å². The summed E-state index contributed by atoms with van der Waals surface area (Å²) in [6, 6.07) is 15.6. The lowest BCUT2D eigenvalue weighted by Gasteiger charge is -2.13. The quantitative estimate of drug-likeness (QED) is 0.743. The number of carbonyl (C=O) groups is 1. The zero-order chi connectivity index (χ0) is 17.9. The number of carbonyl (C=O) groups excluding carboxylic acids is 1.